The highest BCUT2D eigenvalue weighted by molar-refractivity contribution is 8.00. The van der Waals surface area contributed by atoms with Gasteiger partial charge in [-0.2, -0.15) is 13.2 Å². The van der Waals surface area contributed by atoms with Crippen molar-refractivity contribution in [1.82, 2.24) is 5.32 Å². The van der Waals surface area contributed by atoms with Gasteiger partial charge in [0.25, 0.3) is 0 Å². The van der Waals surface area contributed by atoms with Crippen LogP contribution in [0.15, 0.2) is 18.2 Å². The Balaban J connectivity index is 2.27. The highest BCUT2D eigenvalue weighted by atomic mass is 35.5. The summed E-state index contributed by atoms with van der Waals surface area (Å²) in [5.41, 5.74) is -2.06. The van der Waals surface area contributed by atoms with E-state index in [0.29, 0.717) is 18.1 Å². The average Bonchev–Trinajstić information content (AvgIpc) is 2.18. The number of halogens is 4. The zero-order valence-corrected chi connectivity index (χ0v) is 10.8. The zero-order chi connectivity index (χ0) is 12.9. The lowest BCUT2D eigenvalue weighted by molar-refractivity contribution is -0.0327. The van der Waals surface area contributed by atoms with Crippen LogP contribution in [0, 0.1) is 6.92 Å². The number of hydrogen-bond donors (Lipinski definition) is 1. The summed E-state index contributed by atoms with van der Waals surface area (Å²) in [6.45, 7) is 2.81. The molecule has 1 aromatic rings. The van der Waals surface area contributed by atoms with Gasteiger partial charge in [-0.05, 0) is 41.9 Å². The van der Waals surface area contributed by atoms with Crippen LogP contribution in [0.3, 0.4) is 0 Å². The minimum Gasteiger partial charge on any atom is -0.312 e. The molecule has 0 fully saturated rings. The number of alkyl halides is 3. The Hall–Kier alpha value is -0.390. The molecule has 0 aliphatic rings. The summed E-state index contributed by atoms with van der Waals surface area (Å²) in [4.78, 5) is 0. The SMILES string of the molecule is Cc1cc(Cl)ccc1CNCCSC(F)(F)F. The van der Waals surface area contributed by atoms with Gasteiger partial charge in [0.15, 0.2) is 0 Å². The summed E-state index contributed by atoms with van der Waals surface area (Å²) in [7, 11) is 0. The Labute approximate surface area is 108 Å². The first-order chi connectivity index (χ1) is 7.88. The summed E-state index contributed by atoms with van der Waals surface area (Å²) >= 11 is 5.79. The third-order valence-corrected chi connectivity index (χ3v) is 3.14. The highest BCUT2D eigenvalue weighted by Crippen LogP contribution is 2.29. The second-order valence-corrected chi connectivity index (χ2v) is 5.14. The Kier molecular flexibility index (Phi) is 5.62. The summed E-state index contributed by atoms with van der Waals surface area (Å²) in [5, 5.41) is 3.64. The standard InChI is InChI=1S/C11H13ClF3NS/c1-8-6-10(12)3-2-9(8)7-16-4-5-17-11(13,14)15/h2-3,6,16H,4-5,7H2,1H3. The molecule has 1 rings (SSSR count). The molecule has 6 heteroatoms. The van der Waals surface area contributed by atoms with E-state index in [-0.39, 0.29) is 17.5 Å². The van der Waals surface area contributed by atoms with Crippen LogP contribution in [0.1, 0.15) is 11.1 Å². The molecule has 0 spiro atoms. The first-order valence-corrected chi connectivity index (χ1v) is 6.41. The summed E-state index contributed by atoms with van der Waals surface area (Å²) in [6.07, 6.45) is 0. The van der Waals surface area contributed by atoms with Gasteiger partial charge in [-0.1, -0.05) is 17.7 Å². The van der Waals surface area contributed by atoms with Crippen LogP contribution >= 0.6 is 23.4 Å². The molecule has 0 aliphatic carbocycles. The fraction of sp³-hybridized carbons (Fsp3) is 0.455. The number of rotatable bonds is 5. The molecule has 1 nitrogen and oxygen atoms in total. The van der Waals surface area contributed by atoms with Crippen LogP contribution in [-0.4, -0.2) is 17.8 Å². The first-order valence-electron chi connectivity index (χ1n) is 5.05. The van der Waals surface area contributed by atoms with Crippen LogP contribution in [-0.2, 0) is 6.54 Å². The first kappa shape index (κ1) is 14.7. The quantitative estimate of drug-likeness (QED) is 0.820. The Morgan fingerprint density at radius 1 is 1.35 bits per heavy atom. The maximum Gasteiger partial charge on any atom is 0.441 e. The minimum atomic E-state index is -4.14. The van der Waals surface area contributed by atoms with E-state index in [1.54, 1.807) is 6.07 Å². The summed E-state index contributed by atoms with van der Waals surface area (Å²) in [6, 6.07) is 5.49. The van der Waals surface area contributed by atoms with Gasteiger partial charge in [-0.3, -0.25) is 0 Å². The summed E-state index contributed by atoms with van der Waals surface area (Å²) in [5.74, 6) is 0.0239. The van der Waals surface area contributed by atoms with Gasteiger partial charge >= 0.3 is 5.51 Å². The third kappa shape index (κ3) is 6.19. The molecule has 0 radical (unpaired) electrons. The predicted molar refractivity (Wildman–Crippen MR) is 66.4 cm³/mol. The Morgan fingerprint density at radius 2 is 2.06 bits per heavy atom. The van der Waals surface area contributed by atoms with E-state index in [0.717, 1.165) is 11.1 Å². The number of aryl methyl sites for hydroxylation is 1. The van der Waals surface area contributed by atoms with Gasteiger partial charge in [0.2, 0.25) is 0 Å². The van der Waals surface area contributed by atoms with Crippen molar-refractivity contribution in [3.05, 3.63) is 34.3 Å². The normalized spacial score (nSPS) is 11.8. The maximum atomic E-state index is 11.8. The van der Waals surface area contributed by atoms with Crippen molar-refractivity contribution in [2.45, 2.75) is 19.0 Å². The molecule has 0 aromatic heterocycles. The van der Waals surface area contributed by atoms with Crippen molar-refractivity contribution in [3.63, 3.8) is 0 Å². The molecule has 1 aromatic carbocycles. The van der Waals surface area contributed by atoms with Crippen molar-refractivity contribution in [1.29, 1.82) is 0 Å². The molecule has 96 valence electrons. The zero-order valence-electron chi connectivity index (χ0n) is 9.27. The minimum absolute atomic E-state index is 0.00825. The molecule has 0 saturated carbocycles. The van der Waals surface area contributed by atoms with E-state index >= 15 is 0 Å². The third-order valence-electron chi connectivity index (χ3n) is 2.16. The molecular weight excluding hydrogens is 271 g/mol. The maximum absolute atomic E-state index is 11.8. The molecule has 17 heavy (non-hydrogen) atoms. The number of hydrogen-bond acceptors (Lipinski definition) is 2. The molecule has 0 bridgehead atoms. The fourth-order valence-corrected chi connectivity index (χ4v) is 2.02. The van der Waals surface area contributed by atoms with E-state index < -0.39 is 5.51 Å². The van der Waals surface area contributed by atoms with Gasteiger partial charge in [0.1, 0.15) is 0 Å². The van der Waals surface area contributed by atoms with Crippen molar-refractivity contribution in [2.75, 3.05) is 12.3 Å². The van der Waals surface area contributed by atoms with Gasteiger partial charge in [0.05, 0.1) is 0 Å². The molecule has 0 saturated heterocycles. The predicted octanol–water partition coefficient (Wildman–Crippen LogP) is 3.99. The lowest BCUT2D eigenvalue weighted by atomic mass is 10.1. The van der Waals surface area contributed by atoms with Gasteiger partial charge in [0, 0.05) is 23.9 Å². The van der Waals surface area contributed by atoms with Crippen LogP contribution in [0.2, 0.25) is 5.02 Å². The van der Waals surface area contributed by atoms with E-state index in [1.807, 2.05) is 19.1 Å². The van der Waals surface area contributed by atoms with E-state index in [1.165, 1.54) is 0 Å². The van der Waals surface area contributed by atoms with Gasteiger partial charge in [-0.15, -0.1) is 0 Å². The Bertz CT molecular complexity index is 368. The molecule has 0 unspecified atom stereocenters. The molecule has 1 N–H and O–H groups in total. The van der Waals surface area contributed by atoms with E-state index in [9.17, 15) is 13.2 Å². The van der Waals surface area contributed by atoms with Crippen molar-refractivity contribution < 1.29 is 13.2 Å². The van der Waals surface area contributed by atoms with Crippen LogP contribution in [0.25, 0.3) is 0 Å². The lowest BCUT2D eigenvalue weighted by Crippen LogP contribution is -2.18. The molecular formula is C11H13ClF3NS. The van der Waals surface area contributed by atoms with Crippen LogP contribution in [0.5, 0.6) is 0 Å². The smallest absolute Gasteiger partial charge is 0.312 e. The molecule has 0 amide bonds. The van der Waals surface area contributed by atoms with Crippen molar-refractivity contribution in [3.8, 4) is 0 Å². The number of nitrogens with one attached hydrogen (secondary N) is 1. The largest absolute Gasteiger partial charge is 0.441 e. The summed E-state index contributed by atoms with van der Waals surface area (Å²) < 4.78 is 35.5. The van der Waals surface area contributed by atoms with Crippen molar-refractivity contribution in [2.24, 2.45) is 0 Å². The topological polar surface area (TPSA) is 12.0 Å². The molecule has 0 heterocycles. The van der Waals surface area contributed by atoms with Gasteiger partial charge in [-0.25, -0.2) is 0 Å². The Morgan fingerprint density at radius 3 is 2.65 bits per heavy atom. The van der Waals surface area contributed by atoms with Crippen LogP contribution in [0.4, 0.5) is 13.2 Å². The van der Waals surface area contributed by atoms with E-state index in [2.05, 4.69) is 5.32 Å². The monoisotopic (exact) mass is 283 g/mol. The average molecular weight is 284 g/mol. The lowest BCUT2D eigenvalue weighted by Gasteiger charge is -2.09. The second kappa shape index (κ2) is 6.52. The second-order valence-electron chi connectivity index (χ2n) is 3.54. The molecule has 0 atom stereocenters. The van der Waals surface area contributed by atoms with Gasteiger partial charge < -0.3 is 5.32 Å². The highest BCUT2D eigenvalue weighted by Gasteiger charge is 2.27. The molecule has 0 aliphatic heterocycles. The van der Waals surface area contributed by atoms with E-state index in [4.69, 9.17) is 11.6 Å². The van der Waals surface area contributed by atoms with Crippen LogP contribution < -0.4 is 5.32 Å². The fourth-order valence-electron chi connectivity index (χ4n) is 1.32. The van der Waals surface area contributed by atoms with Crippen molar-refractivity contribution >= 4 is 23.4 Å². The number of benzene rings is 1. The number of thioether (sulfide) groups is 1.